The van der Waals surface area contributed by atoms with Gasteiger partial charge in [-0.15, -0.1) is 0 Å². The largest absolute Gasteiger partial charge is 0.507 e. The van der Waals surface area contributed by atoms with Crippen molar-refractivity contribution in [3.8, 4) is 5.75 Å². The Balaban J connectivity index is 2.30. The van der Waals surface area contributed by atoms with Crippen LogP contribution in [0.25, 0.3) is 0 Å². The van der Waals surface area contributed by atoms with Gasteiger partial charge in [0, 0.05) is 19.1 Å². The Morgan fingerprint density at radius 3 is 2.85 bits per heavy atom. The number of hydrogen-bond acceptors (Lipinski definition) is 3. The molecule has 20 heavy (non-hydrogen) atoms. The Kier molecular flexibility index (Phi) is 4.60. The molecule has 0 spiro atoms. The molecule has 0 aliphatic carbocycles. The predicted molar refractivity (Wildman–Crippen MR) is 75.3 cm³/mol. The topological polar surface area (TPSA) is 43.8 Å². The normalized spacial score (nSPS) is 20.8. The van der Waals surface area contributed by atoms with Crippen LogP contribution in [0.1, 0.15) is 30.1 Å². The molecule has 1 amide bonds. The van der Waals surface area contributed by atoms with E-state index in [4.69, 9.17) is 0 Å². The minimum atomic E-state index is -0.664. The third-order valence-electron chi connectivity index (χ3n) is 3.84. The second-order valence-electron chi connectivity index (χ2n) is 5.31. The molecule has 1 aliphatic rings. The summed E-state index contributed by atoms with van der Waals surface area (Å²) in [6.45, 7) is 4.31. The van der Waals surface area contributed by atoms with Crippen LogP contribution in [0.15, 0.2) is 18.2 Å². The summed E-state index contributed by atoms with van der Waals surface area (Å²) in [5.41, 5.74) is -0.212. The van der Waals surface area contributed by atoms with Crippen LogP contribution >= 0.6 is 0 Å². The highest BCUT2D eigenvalue weighted by atomic mass is 19.1. The number of likely N-dealkylation sites (N-methyl/N-ethyl adjacent to an activating group) is 1. The average Bonchev–Trinajstić information content (AvgIpc) is 2.59. The number of carbonyl (C=O) groups excluding carboxylic acids is 1. The summed E-state index contributed by atoms with van der Waals surface area (Å²) in [7, 11) is 2.03. The molecular formula is C15H21FN2O2. The van der Waals surface area contributed by atoms with Gasteiger partial charge in [0.2, 0.25) is 0 Å². The van der Waals surface area contributed by atoms with Crippen LogP contribution in [-0.2, 0) is 0 Å². The summed E-state index contributed by atoms with van der Waals surface area (Å²) in [4.78, 5) is 16.5. The Morgan fingerprint density at radius 2 is 2.20 bits per heavy atom. The molecule has 0 radical (unpaired) electrons. The first-order chi connectivity index (χ1) is 9.54. The van der Waals surface area contributed by atoms with E-state index in [-0.39, 0.29) is 17.4 Å². The fraction of sp³-hybridized carbons (Fsp3) is 0.533. The third-order valence-corrected chi connectivity index (χ3v) is 3.84. The zero-order valence-corrected chi connectivity index (χ0v) is 12.0. The van der Waals surface area contributed by atoms with Gasteiger partial charge in [-0.2, -0.15) is 0 Å². The molecule has 110 valence electrons. The van der Waals surface area contributed by atoms with E-state index in [0.29, 0.717) is 6.54 Å². The van der Waals surface area contributed by atoms with Gasteiger partial charge in [-0.05, 0) is 38.6 Å². The fourth-order valence-electron chi connectivity index (χ4n) is 2.73. The maximum atomic E-state index is 13.8. The van der Waals surface area contributed by atoms with Crippen LogP contribution in [0.4, 0.5) is 4.39 Å². The highest BCUT2D eigenvalue weighted by Gasteiger charge is 2.29. The molecule has 5 heteroatoms. The lowest BCUT2D eigenvalue weighted by Gasteiger charge is -2.30. The van der Waals surface area contributed by atoms with Crippen LogP contribution in [0, 0.1) is 5.82 Å². The summed E-state index contributed by atoms with van der Waals surface area (Å²) in [6.07, 6.45) is 1.67. The van der Waals surface area contributed by atoms with Crippen LogP contribution in [0.2, 0.25) is 0 Å². The van der Waals surface area contributed by atoms with Crippen molar-refractivity contribution in [3.05, 3.63) is 29.6 Å². The van der Waals surface area contributed by atoms with Crippen LogP contribution < -0.4 is 0 Å². The Labute approximate surface area is 118 Å². The van der Waals surface area contributed by atoms with Gasteiger partial charge >= 0.3 is 0 Å². The molecule has 0 aromatic heterocycles. The smallest absolute Gasteiger partial charge is 0.260 e. The molecule has 1 heterocycles. The number of rotatable bonds is 2. The Hall–Kier alpha value is -1.62. The Bertz CT molecular complexity index is 473. The van der Waals surface area contributed by atoms with E-state index < -0.39 is 11.7 Å². The highest BCUT2D eigenvalue weighted by molar-refractivity contribution is 5.97. The van der Waals surface area contributed by atoms with Gasteiger partial charge in [0.1, 0.15) is 17.1 Å². The van der Waals surface area contributed by atoms with Gasteiger partial charge in [0.25, 0.3) is 5.91 Å². The van der Waals surface area contributed by atoms with E-state index in [9.17, 15) is 14.3 Å². The first-order valence-electron chi connectivity index (χ1n) is 7.01. The van der Waals surface area contributed by atoms with Crippen molar-refractivity contribution in [1.82, 2.24) is 9.80 Å². The molecule has 1 unspecified atom stereocenters. The lowest BCUT2D eigenvalue weighted by atomic mass is 10.1. The summed E-state index contributed by atoms with van der Waals surface area (Å²) >= 11 is 0. The van der Waals surface area contributed by atoms with Gasteiger partial charge < -0.3 is 14.9 Å². The van der Waals surface area contributed by atoms with Crippen LogP contribution in [0.3, 0.4) is 0 Å². The number of hydrogen-bond donors (Lipinski definition) is 1. The number of phenolic OH excluding ortho intramolecular Hbond substituents is 1. The molecule has 1 atom stereocenters. The average molecular weight is 280 g/mol. The number of carbonyl (C=O) groups is 1. The van der Waals surface area contributed by atoms with E-state index in [2.05, 4.69) is 4.90 Å². The Morgan fingerprint density at radius 1 is 1.45 bits per heavy atom. The minimum absolute atomic E-state index is 0.0500. The molecule has 0 bridgehead atoms. The molecule has 1 N–H and O–H groups in total. The van der Waals surface area contributed by atoms with E-state index in [1.165, 1.54) is 18.2 Å². The molecule has 1 aliphatic heterocycles. The van der Waals surface area contributed by atoms with Crippen molar-refractivity contribution in [2.45, 2.75) is 25.8 Å². The molecule has 2 rings (SSSR count). The predicted octanol–water partition coefficient (Wildman–Crippen LogP) is 2.09. The van der Waals surface area contributed by atoms with Gasteiger partial charge in [0.05, 0.1) is 0 Å². The zero-order chi connectivity index (χ0) is 14.7. The molecular weight excluding hydrogens is 259 g/mol. The van der Waals surface area contributed by atoms with Crippen molar-refractivity contribution in [1.29, 1.82) is 0 Å². The maximum absolute atomic E-state index is 13.8. The molecule has 1 aromatic rings. The number of halogens is 1. The lowest BCUT2D eigenvalue weighted by Crippen LogP contribution is -2.43. The van der Waals surface area contributed by atoms with Gasteiger partial charge in [-0.1, -0.05) is 13.0 Å². The van der Waals surface area contributed by atoms with Gasteiger partial charge in [-0.3, -0.25) is 4.79 Å². The fourth-order valence-corrected chi connectivity index (χ4v) is 2.73. The highest BCUT2D eigenvalue weighted by Crippen LogP contribution is 2.24. The summed E-state index contributed by atoms with van der Waals surface area (Å²) in [5, 5.41) is 9.78. The number of amides is 1. The molecule has 1 aromatic carbocycles. The van der Waals surface area contributed by atoms with E-state index in [1.54, 1.807) is 4.90 Å². The van der Waals surface area contributed by atoms with E-state index >= 15 is 0 Å². The van der Waals surface area contributed by atoms with Crippen molar-refractivity contribution in [2.75, 3.05) is 26.7 Å². The molecule has 4 nitrogen and oxygen atoms in total. The number of phenols is 1. The van der Waals surface area contributed by atoms with Gasteiger partial charge in [0.15, 0.2) is 0 Å². The number of aromatic hydroxyl groups is 1. The SMILES string of the molecule is CCC1CN(C)CCCN1C(=O)c1c(O)cccc1F. The molecule has 1 saturated heterocycles. The zero-order valence-electron chi connectivity index (χ0n) is 12.0. The molecule has 0 saturated carbocycles. The van der Waals surface area contributed by atoms with E-state index in [1.807, 2.05) is 14.0 Å². The van der Waals surface area contributed by atoms with Crippen molar-refractivity contribution >= 4 is 5.91 Å². The van der Waals surface area contributed by atoms with E-state index in [0.717, 1.165) is 25.9 Å². The lowest BCUT2D eigenvalue weighted by molar-refractivity contribution is 0.0667. The van der Waals surface area contributed by atoms with Crippen molar-refractivity contribution in [3.63, 3.8) is 0 Å². The first-order valence-corrected chi connectivity index (χ1v) is 7.01. The summed E-state index contributed by atoms with van der Waals surface area (Å²) < 4.78 is 13.8. The summed E-state index contributed by atoms with van der Waals surface area (Å²) in [5.74, 6) is -1.37. The quantitative estimate of drug-likeness (QED) is 0.902. The number of nitrogens with zero attached hydrogens (tertiary/aromatic N) is 2. The van der Waals surface area contributed by atoms with Crippen molar-refractivity contribution < 1.29 is 14.3 Å². The van der Waals surface area contributed by atoms with Crippen molar-refractivity contribution in [2.24, 2.45) is 0 Å². The second kappa shape index (κ2) is 6.22. The standard InChI is InChI=1S/C15H21FN2O2/c1-3-11-10-17(2)8-5-9-18(11)15(20)14-12(16)6-4-7-13(14)19/h4,6-7,11,19H,3,5,8-10H2,1-2H3. The maximum Gasteiger partial charge on any atom is 0.260 e. The number of benzene rings is 1. The van der Waals surface area contributed by atoms with Gasteiger partial charge in [-0.25, -0.2) is 4.39 Å². The first kappa shape index (κ1) is 14.8. The third kappa shape index (κ3) is 2.93. The second-order valence-corrected chi connectivity index (χ2v) is 5.31. The molecule has 1 fully saturated rings. The van der Waals surface area contributed by atoms with Crippen LogP contribution in [-0.4, -0.2) is 53.5 Å². The minimum Gasteiger partial charge on any atom is -0.507 e. The summed E-state index contributed by atoms with van der Waals surface area (Å²) in [6, 6.07) is 4.00. The van der Waals surface area contributed by atoms with Crippen LogP contribution in [0.5, 0.6) is 5.75 Å². The monoisotopic (exact) mass is 280 g/mol.